The van der Waals surface area contributed by atoms with E-state index in [1.807, 2.05) is 29.2 Å². The lowest BCUT2D eigenvalue weighted by molar-refractivity contribution is 0.107. The fraction of sp³-hybridized carbons (Fsp3) is 0.650. The minimum atomic E-state index is 0.0226. The molecule has 0 saturated carbocycles. The van der Waals surface area contributed by atoms with E-state index in [-0.39, 0.29) is 6.03 Å². The molecule has 6 heteroatoms. The van der Waals surface area contributed by atoms with Crippen molar-refractivity contribution in [3.8, 4) is 0 Å². The minimum absolute atomic E-state index is 0.0226. The molecule has 1 aromatic rings. The van der Waals surface area contributed by atoms with Gasteiger partial charge in [-0.3, -0.25) is 4.90 Å². The first-order valence-electron chi connectivity index (χ1n) is 9.73. The Hall–Kier alpha value is -1.30. The first-order valence-corrected chi connectivity index (χ1v) is 10.1. The fourth-order valence-corrected chi connectivity index (χ4v) is 3.49. The Morgan fingerprint density at radius 3 is 2.42 bits per heavy atom. The van der Waals surface area contributed by atoms with Crippen molar-refractivity contribution < 1.29 is 4.79 Å². The van der Waals surface area contributed by atoms with Crippen LogP contribution in [0.2, 0.25) is 5.02 Å². The highest BCUT2D eigenvalue weighted by Gasteiger charge is 2.22. The summed E-state index contributed by atoms with van der Waals surface area (Å²) >= 11 is 5.95. The van der Waals surface area contributed by atoms with E-state index in [2.05, 4.69) is 36.0 Å². The Balaban J connectivity index is 1.88. The number of nitrogens with one attached hydrogen (secondary N) is 1. The van der Waals surface area contributed by atoms with Crippen LogP contribution in [0.15, 0.2) is 24.3 Å². The number of piperazine rings is 1. The third-order valence-corrected chi connectivity index (χ3v) is 5.33. The van der Waals surface area contributed by atoms with E-state index >= 15 is 0 Å². The SMILES string of the molecule is CCCN(Cc1ccc(Cl)cc1)C(=O)NC[C@@H](CC)N1CCN(C)CC1. The summed E-state index contributed by atoms with van der Waals surface area (Å²) in [4.78, 5) is 19.5. The zero-order valence-electron chi connectivity index (χ0n) is 16.4. The number of halogens is 1. The lowest BCUT2D eigenvalue weighted by Crippen LogP contribution is -2.53. The summed E-state index contributed by atoms with van der Waals surface area (Å²) in [5.41, 5.74) is 1.10. The Bertz CT molecular complexity index is 543. The summed E-state index contributed by atoms with van der Waals surface area (Å²) in [5, 5.41) is 3.88. The smallest absolute Gasteiger partial charge is 0.317 e. The maximum atomic E-state index is 12.7. The van der Waals surface area contributed by atoms with E-state index in [1.165, 1.54) is 0 Å². The zero-order valence-corrected chi connectivity index (χ0v) is 17.1. The lowest BCUT2D eigenvalue weighted by atomic mass is 10.1. The molecule has 0 unspecified atom stereocenters. The average molecular weight is 381 g/mol. The zero-order chi connectivity index (χ0) is 18.9. The van der Waals surface area contributed by atoms with Gasteiger partial charge in [0.05, 0.1) is 0 Å². The Labute approximate surface area is 163 Å². The summed E-state index contributed by atoms with van der Waals surface area (Å²) in [5.74, 6) is 0. The second kappa shape index (κ2) is 10.8. The molecule has 0 bridgehead atoms. The molecular formula is C20H33ClN4O. The highest BCUT2D eigenvalue weighted by Crippen LogP contribution is 2.12. The predicted octanol–water partition coefficient (Wildman–Crippen LogP) is 3.29. The first kappa shape index (κ1) is 21.0. The number of benzene rings is 1. The highest BCUT2D eigenvalue weighted by atomic mass is 35.5. The molecular weight excluding hydrogens is 348 g/mol. The quantitative estimate of drug-likeness (QED) is 0.752. The topological polar surface area (TPSA) is 38.8 Å². The molecule has 1 aliphatic heterocycles. The third-order valence-electron chi connectivity index (χ3n) is 5.08. The molecule has 5 nitrogen and oxygen atoms in total. The number of hydrogen-bond acceptors (Lipinski definition) is 3. The van der Waals surface area contributed by atoms with Gasteiger partial charge in [-0.1, -0.05) is 37.6 Å². The van der Waals surface area contributed by atoms with Crippen LogP contribution in [0, 0.1) is 0 Å². The van der Waals surface area contributed by atoms with Crippen molar-refractivity contribution in [1.29, 1.82) is 0 Å². The van der Waals surface area contributed by atoms with Crippen LogP contribution >= 0.6 is 11.6 Å². The minimum Gasteiger partial charge on any atom is -0.336 e. The van der Waals surface area contributed by atoms with Gasteiger partial charge in [0.15, 0.2) is 0 Å². The molecule has 1 heterocycles. The number of nitrogens with zero attached hydrogens (tertiary/aromatic N) is 3. The summed E-state index contributed by atoms with van der Waals surface area (Å²) in [6.45, 7) is 10.7. The third kappa shape index (κ3) is 6.45. The van der Waals surface area contributed by atoms with Gasteiger partial charge >= 0.3 is 6.03 Å². The largest absolute Gasteiger partial charge is 0.336 e. The summed E-state index contributed by atoms with van der Waals surface area (Å²) < 4.78 is 0. The molecule has 1 aromatic carbocycles. The van der Waals surface area contributed by atoms with Gasteiger partial charge in [-0.2, -0.15) is 0 Å². The molecule has 0 aromatic heterocycles. The molecule has 146 valence electrons. The highest BCUT2D eigenvalue weighted by molar-refractivity contribution is 6.30. The van der Waals surface area contributed by atoms with E-state index in [1.54, 1.807) is 0 Å². The Morgan fingerprint density at radius 2 is 1.85 bits per heavy atom. The Morgan fingerprint density at radius 1 is 1.19 bits per heavy atom. The van der Waals surface area contributed by atoms with Gasteiger partial charge in [0.1, 0.15) is 0 Å². The van der Waals surface area contributed by atoms with Crippen molar-refractivity contribution in [2.75, 3.05) is 46.3 Å². The molecule has 2 amide bonds. The number of amides is 2. The molecule has 2 rings (SSSR count). The molecule has 1 N–H and O–H groups in total. The second-order valence-corrected chi connectivity index (χ2v) is 7.57. The normalized spacial score (nSPS) is 17.1. The van der Waals surface area contributed by atoms with Gasteiger partial charge < -0.3 is 15.1 Å². The average Bonchev–Trinajstić information content (AvgIpc) is 2.64. The number of hydrogen-bond donors (Lipinski definition) is 1. The molecule has 0 radical (unpaired) electrons. The van der Waals surface area contributed by atoms with Crippen molar-refractivity contribution in [2.45, 2.75) is 39.3 Å². The van der Waals surface area contributed by atoms with Crippen molar-refractivity contribution in [3.05, 3.63) is 34.9 Å². The summed E-state index contributed by atoms with van der Waals surface area (Å²) in [6, 6.07) is 8.15. The van der Waals surface area contributed by atoms with Crippen LogP contribution in [-0.2, 0) is 6.54 Å². The van der Waals surface area contributed by atoms with Gasteiger partial charge in [0.25, 0.3) is 0 Å². The van der Waals surface area contributed by atoms with Crippen molar-refractivity contribution in [1.82, 2.24) is 20.0 Å². The Kier molecular flexibility index (Phi) is 8.69. The number of carbonyl (C=O) groups excluding carboxylic acids is 1. The number of carbonyl (C=O) groups is 1. The van der Waals surface area contributed by atoms with Gasteiger partial charge in [0.2, 0.25) is 0 Å². The maximum Gasteiger partial charge on any atom is 0.317 e. The van der Waals surface area contributed by atoms with Crippen LogP contribution in [0.5, 0.6) is 0 Å². The van der Waals surface area contributed by atoms with Crippen LogP contribution < -0.4 is 5.32 Å². The molecule has 1 fully saturated rings. The number of urea groups is 1. The number of likely N-dealkylation sites (N-methyl/N-ethyl adjacent to an activating group) is 1. The van der Waals surface area contributed by atoms with Crippen LogP contribution in [-0.4, -0.2) is 73.1 Å². The molecule has 1 aliphatic rings. The lowest BCUT2D eigenvalue weighted by Gasteiger charge is -2.38. The molecule has 1 atom stereocenters. The van der Waals surface area contributed by atoms with Crippen molar-refractivity contribution in [2.24, 2.45) is 0 Å². The monoisotopic (exact) mass is 380 g/mol. The molecule has 26 heavy (non-hydrogen) atoms. The fourth-order valence-electron chi connectivity index (χ4n) is 3.37. The van der Waals surface area contributed by atoms with E-state index in [0.29, 0.717) is 19.1 Å². The van der Waals surface area contributed by atoms with Gasteiger partial charge in [-0.05, 0) is 37.6 Å². The van der Waals surface area contributed by atoms with E-state index in [4.69, 9.17) is 11.6 Å². The van der Waals surface area contributed by atoms with Gasteiger partial charge in [-0.25, -0.2) is 4.79 Å². The van der Waals surface area contributed by atoms with Gasteiger partial charge in [-0.15, -0.1) is 0 Å². The first-order chi connectivity index (χ1) is 12.5. The summed E-state index contributed by atoms with van der Waals surface area (Å²) in [7, 11) is 2.17. The van der Waals surface area contributed by atoms with Crippen LogP contribution in [0.3, 0.4) is 0 Å². The van der Waals surface area contributed by atoms with Crippen LogP contribution in [0.25, 0.3) is 0 Å². The number of rotatable bonds is 8. The van der Waals surface area contributed by atoms with E-state index in [9.17, 15) is 4.79 Å². The summed E-state index contributed by atoms with van der Waals surface area (Å²) in [6.07, 6.45) is 1.99. The van der Waals surface area contributed by atoms with Gasteiger partial charge in [0, 0.05) is 56.9 Å². The van der Waals surface area contributed by atoms with Crippen LogP contribution in [0.4, 0.5) is 4.79 Å². The van der Waals surface area contributed by atoms with Crippen molar-refractivity contribution in [3.63, 3.8) is 0 Å². The predicted molar refractivity (Wildman–Crippen MR) is 109 cm³/mol. The molecule has 0 spiro atoms. The van der Waals surface area contributed by atoms with Crippen LogP contribution in [0.1, 0.15) is 32.3 Å². The standard InChI is InChI=1S/C20H33ClN4O/c1-4-10-25(16-17-6-8-18(21)9-7-17)20(26)22-15-19(5-2)24-13-11-23(3)12-14-24/h6-9,19H,4-5,10-16H2,1-3H3,(H,22,26)/t19-/m1/s1. The molecule has 0 aliphatic carbocycles. The molecule has 1 saturated heterocycles. The van der Waals surface area contributed by atoms with E-state index < -0.39 is 0 Å². The second-order valence-electron chi connectivity index (χ2n) is 7.14. The maximum absolute atomic E-state index is 12.7. The van der Waals surface area contributed by atoms with E-state index in [0.717, 1.165) is 56.2 Å². The van der Waals surface area contributed by atoms with Crippen molar-refractivity contribution >= 4 is 17.6 Å².